The number of benzene rings is 2. The van der Waals surface area contributed by atoms with Crippen LogP contribution in [-0.4, -0.2) is 36.0 Å². The molecule has 1 heterocycles. The summed E-state index contributed by atoms with van der Waals surface area (Å²) in [5, 5.41) is 2.64. The van der Waals surface area contributed by atoms with Crippen LogP contribution in [0.2, 0.25) is 0 Å². The number of aryl methyl sites for hydroxylation is 1. The zero-order chi connectivity index (χ0) is 21.2. The molecule has 10 heteroatoms. The van der Waals surface area contributed by atoms with E-state index in [4.69, 9.17) is 0 Å². The summed E-state index contributed by atoms with van der Waals surface area (Å²) in [6, 6.07) is 10.9. The van der Waals surface area contributed by atoms with Gasteiger partial charge in [-0.15, -0.1) is 0 Å². The van der Waals surface area contributed by atoms with Gasteiger partial charge in [-0.2, -0.15) is 4.31 Å². The third-order valence-electron chi connectivity index (χ3n) is 4.36. The van der Waals surface area contributed by atoms with Crippen molar-refractivity contribution < 1.29 is 17.6 Å². The second-order valence-electron chi connectivity index (χ2n) is 6.47. The smallest absolute Gasteiger partial charge is 0.308 e. The number of fused-ring (bicyclic) bond motifs is 1. The number of carbonyl (C=O) groups is 1. The summed E-state index contributed by atoms with van der Waals surface area (Å²) in [5.74, 6) is -1.10. The molecule has 0 saturated carbocycles. The summed E-state index contributed by atoms with van der Waals surface area (Å²) in [6.07, 6.45) is 0.970. The number of aromatic nitrogens is 1. The lowest BCUT2D eigenvalue weighted by Gasteiger charge is -2.20. The standard InChI is InChI=1S/C19H20FN3O4S2/c1-3-23-16-9-8-14(10-17(16)28-19(23)25)21-18(24)12-22(29(2,26)27)11-13-6-4-5-7-15(13)20/h4-10H,3,11-12H2,1-2H3,(H,21,24). The lowest BCUT2D eigenvalue weighted by atomic mass is 10.2. The molecular weight excluding hydrogens is 417 g/mol. The van der Waals surface area contributed by atoms with Gasteiger partial charge in [0.2, 0.25) is 15.9 Å². The second kappa shape index (κ2) is 8.44. The summed E-state index contributed by atoms with van der Waals surface area (Å²) >= 11 is 1.07. The van der Waals surface area contributed by atoms with Gasteiger partial charge in [-0.25, -0.2) is 12.8 Å². The first-order chi connectivity index (χ1) is 13.7. The predicted octanol–water partition coefficient (Wildman–Crippen LogP) is 2.62. The number of amides is 1. The van der Waals surface area contributed by atoms with E-state index < -0.39 is 28.3 Å². The van der Waals surface area contributed by atoms with E-state index in [0.717, 1.165) is 32.1 Å². The Bertz CT molecular complexity index is 1220. The van der Waals surface area contributed by atoms with Crippen molar-refractivity contribution >= 4 is 43.2 Å². The summed E-state index contributed by atoms with van der Waals surface area (Å²) in [4.78, 5) is 24.3. The van der Waals surface area contributed by atoms with E-state index in [9.17, 15) is 22.4 Å². The van der Waals surface area contributed by atoms with Crippen LogP contribution in [0.3, 0.4) is 0 Å². The minimum atomic E-state index is -3.74. The van der Waals surface area contributed by atoms with Crippen LogP contribution in [0.1, 0.15) is 12.5 Å². The van der Waals surface area contributed by atoms with E-state index in [1.54, 1.807) is 28.8 Å². The number of halogens is 1. The maximum absolute atomic E-state index is 13.9. The highest BCUT2D eigenvalue weighted by atomic mass is 32.2. The Morgan fingerprint density at radius 2 is 1.97 bits per heavy atom. The van der Waals surface area contributed by atoms with Crippen LogP contribution in [-0.2, 0) is 27.9 Å². The molecule has 7 nitrogen and oxygen atoms in total. The van der Waals surface area contributed by atoms with Gasteiger partial charge in [-0.3, -0.25) is 14.2 Å². The first-order valence-corrected chi connectivity index (χ1v) is 11.5. The van der Waals surface area contributed by atoms with Crippen LogP contribution in [0.4, 0.5) is 10.1 Å². The van der Waals surface area contributed by atoms with Crippen molar-refractivity contribution in [2.24, 2.45) is 0 Å². The topological polar surface area (TPSA) is 88.5 Å². The number of nitrogens with zero attached hydrogens (tertiary/aromatic N) is 2. The van der Waals surface area contributed by atoms with Crippen molar-refractivity contribution in [2.75, 3.05) is 18.1 Å². The fourth-order valence-electron chi connectivity index (χ4n) is 2.91. The lowest BCUT2D eigenvalue weighted by molar-refractivity contribution is -0.116. The van der Waals surface area contributed by atoms with Crippen LogP contribution < -0.4 is 10.2 Å². The zero-order valence-corrected chi connectivity index (χ0v) is 17.5. The van der Waals surface area contributed by atoms with E-state index in [1.165, 1.54) is 18.2 Å². The third-order valence-corrected chi connectivity index (χ3v) is 6.50. The largest absolute Gasteiger partial charge is 0.325 e. The molecule has 0 aliphatic carbocycles. The number of hydrogen-bond acceptors (Lipinski definition) is 5. The van der Waals surface area contributed by atoms with E-state index in [2.05, 4.69) is 5.32 Å². The number of hydrogen-bond donors (Lipinski definition) is 1. The Morgan fingerprint density at radius 1 is 1.24 bits per heavy atom. The van der Waals surface area contributed by atoms with Gasteiger partial charge in [0, 0.05) is 24.3 Å². The number of nitrogens with one attached hydrogen (secondary N) is 1. The molecule has 0 bridgehead atoms. The number of anilines is 1. The summed E-state index contributed by atoms with van der Waals surface area (Å²) in [7, 11) is -3.74. The maximum atomic E-state index is 13.9. The molecule has 0 aliphatic rings. The van der Waals surface area contributed by atoms with E-state index in [-0.39, 0.29) is 17.0 Å². The van der Waals surface area contributed by atoms with Gasteiger partial charge in [0.05, 0.1) is 23.0 Å². The predicted molar refractivity (Wildman–Crippen MR) is 112 cm³/mol. The monoisotopic (exact) mass is 437 g/mol. The van der Waals surface area contributed by atoms with Gasteiger partial charge in [-0.1, -0.05) is 29.5 Å². The minimum Gasteiger partial charge on any atom is -0.325 e. The number of sulfonamides is 1. The maximum Gasteiger partial charge on any atom is 0.308 e. The third kappa shape index (κ3) is 4.89. The van der Waals surface area contributed by atoms with E-state index >= 15 is 0 Å². The molecule has 0 fully saturated rings. The molecule has 29 heavy (non-hydrogen) atoms. The number of carbonyl (C=O) groups excluding carboxylic acids is 1. The highest BCUT2D eigenvalue weighted by molar-refractivity contribution is 7.88. The van der Waals surface area contributed by atoms with Gasteiger partial charge >= 0.3 is 4.87 Å². The van der Waals surface area contributed by atoms with Crippen molar-refractivity contribution in [2.45, 2.75) is 20.0 Å². The van der Waals surface area contributed by atoms with Gasteiger partial charge in [0.25, 0.3) is 0 Å². The van der Waals surface area contributed by atoms with Crippen LogP contribution in [0.25, 0.3) is 10.2 Å². The average molecular weight is 438 g/mol. The Hall–Kier alpha value is -2.56. The summed E-state index contributed by atoms with van der Waals surface area (Å²) < 4.78 is 41.3. The molecule has 1 aromatic heterocycles. The molecule has 1 N–H and O–H groups in total. The SMILES string of the molecule is CCn1c(=O)sc2cc(NC(=O)CN(Cc3ccccc3F)S(C)(=O)=O)ccc21. The van der Waals surface area contributed by atoms with Crippen molar-refractivity contribution in [1.29, 1.82) is 0 Å². The highest BCUT2D eigenvalue weighted by Crippen LogP contribution is 2.22. The van der Waals surface area contributed by atoms with Crippen molar-refractivity contribution in [3.05, 3.63) is 63.5 Å². The Kier molecular flexibility index (Phi) is 6.15. The van der Waals surface area contributed by atoms with Crippen LogP contribution in [0, 0.1) is 5.82 Å². The molecule has 1 amide bonds. The van der Waals surface area contributed by atoms with Gasteiger partial charge in [0.1, 0.15) is 5.82 Å². The second-order valence-corrected chi connectivity index (χ2v) is 9.44. The first kappa shape index (κ1) is 21.2. The van der Waals surface area contributed by atoms with Crippen LogP contribution in [0.5, 0.6) is 0 Å². The molecule has 0 aliphatic heterocycles. The number of rotatable bonds is 7. The molecular formula is C19H20FN3O4S2. The normalized spacial score (nSPS) is 11.9. The van der Waals surface area contributed by atoms with Crippen LogP contribution in [0.15, 0.2) is 47.3 Å². The van der Waals surface area contributed by atoms with E-state index in [1.807, 2.05) is 6.92 Å². The molecule has 0 saturated heterocycles. The molecule has 3 aromatic rings. The Balaban J connectivity index is 1.77. The van der Waals surface area contributed by atoms with Crippen molar-refractivity contribution in [1.82, 2.24) is 8.87 Å². The molecule has 0 unspecified atom stereocenters. The molecule has 154 valence electrons. The average Bonchev–Trinajstić information content (AvgIpc) is 2.96. The van der Waals surface area contributed by atoms with E-state index in [0.29, 0.717) is 12.2 Å². The Morgan fingerprint density at radius 3 is 2.62 bits per heavy atom. The minimum absolute atomic E-state index is 0.0842. The molecule has 2 aromatic carbocycles. The first-order valence-electron chi connectivity index (χ1n) is 8.81. The molecule has 3 rings (SSSR count). The lowest BCUT2D eigenvalue weighted by Crippen LogP contribution is -2.37. The van der Waals surface area contributed by atoms with Gasteiger partial charge < -0.3 is 5.32 Å². The van der Waals surface area contributed by atoms with Crippen molar-refractivity contribution in [3.8, 4) is 0 Å². The fourth-order valence-corrected chi connectivity index (χ4v) is 4.63. The van der Waals surface area contributed by atoms with Crippen LogP contribution >= 0.6 is 11.3 Å². The Labute approximate surface area is 171 Å². The highest BCUT2D eigenvalue weighted by Gasteiger charge is 2.22. The van der Waals surface area contributed by atoms with Gasteiger partial charge in [0.15, 0.2) is 0 Å². The van der Waals surface area contributed by atoms with Gasteiger partial charge in [-0.05, 0) is 31.2 Å². The molecule has 0 radical (unpaired) electrons. The zero-order valence-electron chi connectivity index (χ0n) is 15.9. The summed E-state index contributed by atoms with van der Waals surface area (Å²) in [6.45, 7) is 1.71. The molecule has 0 atom stereocenters. The molecule has 0 spiro atoms. The quantitative estimate of drug-likeness (QED) is 0.615. The fraction of sp³-hybridized carbons (Fsp3) is 0.263. The van der Waals surface area contributed by atoms with Crippen molar-refractivity contribution in [3.63, 3.8) is 0 Å². The summed E-state index contributed by atoms with van der Waals surface area (Å²) in [5.41, 5.74) is 1.40. The number of thiazole rings is 1.